The van der Waals surface area contributed by atoms with E-state index in [0.717, 1.165) is 19.6 Å². The molecule has 2 atom stereocenters. The number of nitrogens with one attached hydrogen (secondary N) is 1. The van der Waals surface area contributed by atoms with Crippen molar-refractivity contribution in [3.8, 4) is 0 Å². The molecule has 1 aromatic rings. The second kappa shape index (κ2) is 6.50. The van der Waals surface area contributed by atoms with Crippen molar-refractivity contribution >= 4 is 11.8 Å². The quantitative estimate of drug-likeness (QED) is 0.920. The number of benzene rings is 1. The van der Waals surface area contributed by atoms with E-state index in [0.29, 0.717) is 6.04 Å². The summed E-state index contributed by atoms with van der Waals surface area (Å²) in [6.07, 6.45) is 4.74. The fourth-order valence-electron chi connectivity index (χ4n) is 3.35. The molecule has 2 saturated heterocycles. The van der Waals surface area contributed by atoms with Crippen molar-refractivity contribution in [1.29, 1.82) is 0 Å². The highest BCUT2D eigenvalue weighted by Crippen LogP contribution is 2.38. The lowest BCUT2D eigenvalue weighted by atomic mass is 9.90. The molecule has 1 spiro atoms. The Labute approximate surface area is 126 Å². The molecule has 1 aromatic carbocycles. The summed E-state index contributed by atoms with van der Waals surface area (Å²) in [6, 6.07) is 9.49. The zero-order chi connectivity index (χ0) is 13.8. The Kier molecular flexibility index (Phi) is 4.69. The second-order valence-corrected chi connectivity index (χ2v) is 7.32. The van der Waals surface area contributed by atoms with Gasteiger partial charge in [0.2, 0.25) is 0 Å². The second-order valence-electron chi connectivity index (χ2n) is 6.22. The maximum absolute atomic E-state index is 6.08. The third-order valence-corrected chi connectivity index (χ3v) is 5.71. The van der Waals surface area contributed by atoms with Crippen molar-refractivity contribution in [2.24, 2.45) is 0 Å². The lowest BCUT2D eigenvalue weighted by molar-refractivity contribution is -0.0699. The SMILES string of the molecule is Cc1cccc(CCNC2CCOC3(CCSC3)C2)c1. The van der Waals surface area contributed by atoms with E-state index in [1.54, 1.807) is 0 Å². The molecule has 0 saturated carbocycles. The van der Waals surface area contributed by atoms with E-state index in [4.69, 9.17) is 4.74 Å². The molecule has 2 unspecified atom stereocenters. The summed E-state index contributed by atoms with van der Waals surface area (Å²) in [6.45, 7) is 4.18. The lowest BCUT2D eigenvalue weighted by Crippen LogP contribution is -2.47. The highest BCUT2D eigenvalue weighted by molar-refractivity contribution is 7.99. The molecule has 0 aromatic heterocycles. The van der Waals surface area contributed by atoms with Crippen LogP contribution in [0.2, 0.25) is 0 Å². The summed E-state index contributed by atoms with van der Waals surface area (Å²) in [5, 5.41) is 3.75. The smallest absolute Gasteiger partial charge is 0.0795 e. The van der Waals surface area contributed by atoms with Gasteiger partial charge in [0.15, 0.2) is 0 Å². The monoisotopic (exact) mass is 291 g/mol. The predicted octanol–water partition coefficient (Wildman–Crippen LogP) is 3.18. The number of rotatable bonds is 4. The average Bonchev–Trinajstić information content (AvgIpc) is 2.87. The zero-order valence-corrected chi connectivity index (χ0v) is 13.2. The molecule has 2 aliphatic heterocycles. The number of hydrogen-bond donors (Lipinski definition) is 1. The molecule has 2 nitrogen and oxygen atoms in total. The third kappa shape index (κ3) is 3.57. The summed E-state index contributed by atoms with van der Waals surface area (Å²) in [5.74, 6) is 2.47. The van der Waals surface area contributed by atoms with Crippen molar-refractivity contribution in [3.05, 3.63) is 35.4 Å². The average molecular weight is 291 g/mol. The van der Waals surface area contributed by atoms with E-state index in [2.05, 4.69) is 48.3 Å². The Morgan fingerprint density at radius 3 is 3.20 bits per heavy atom. The van der Waals surface area contributed by atoms with Gasteiger partial charge in [0.1, 0.15) is 0 Å². The molecule has 1 N–H and O–H groups in total. The molecule has 2 fully saturated rings. The van der Waals surface area contributed by atoms with E-state index in [1.807, 2.05) is 0 Å². The van der Waals surface area contributed by atoms with Gasteiger partial charge in [-0.15, -0.1) is 0 Å². The van der Waals surface area contributed by atoms with E-state index in [9.17, 15) is 0 Å². The number of thioether (sulfide) groups is 1. The van der Waals surface area contributed by atoms with Crippen LogP contribution in [-0.2, 0) is 11.2 Å². The maximum atomic E-state index is 6.08. The first-order valence-corrected chi connectivity index (χ1v) is 8.92. The van der Waals surface area contributed by atoms with Crippen LogP contribution < -0.4 is 5.32 Å². The molecule has 0 radical (unpaired) electrons. The van der Waals surface area contributed by atoms with E-state index in [1.165, 1.54) is 41.9 Å². The zero-order valence-electron chi connectivity index (χ0n) is 12.4. The van der Waals surface area contributed by atoms with E-state index in [-0.39, 0.29) is 5.60 Å². The van der Waals surface area contributed by atoms with Gasteiger partial charge in [-0.3, -0.25) is 0 Å². The number of aryl methyl sites for hydroxylation is 1. The fraction of sp³-hybridized carbons (Fsp3) is 0.647. The molecule has 0 amide bonds. The van der Waals surface area contributed by atoms with Crippen LogP contribution in [0.15, 0.2) is 24.3 Å². The van der Waals surface area contributed by atoms with Gasteiger partial charge in [-0.1, -0.05) is 29.8 Å². The van der Waals surface area contributed by atoms with Crippen molar-refractivity contribution in [3.63, 3.8) is 0 Å². The van der Waals surface area contributed by atoms with Crippen LogP contribution in [0.5, 0.6) is 0 Å². The van der Waals surface area contributed by atoms with Crippen molar-refractivity contribution in [2.75, 3.05) is 24.7 Å². The van der Waals surface area contributed by atoms with Gasteiger partial charge < -0.3 is 10.1 Å². The van der Waals surface area contributed by atoms with E-state index >= 15 is 0 Å². The Balaban J connectivity index is 1.46. The van der Waals surface area contributed by atoms with Gasteiger partial charge in [-0.25, -0.2) is 0 Å². The Hall–Kier alpha value is -0.510. The van der Waals surface area contributed by atoms with Crippen LogP contribution in [0.1, 0.15) is 30.4 Å². The minimum absolute atomic E-state index is 0.198. The Morgan fingerprint density at radius 2 is 2.40 bits per heavy atom. The molecular formula is C17H25NOS. The molecule has 3 rings (SSSR count). The standard InChI is InChI=1S/C17H25NOS/c1-14-3-2-4-15(11-14)5-8-18-16-6-9-19-17(12-16)7-10-20-13-17/h2-4,11,16,18H,5-10,12-13H2,1H3. The van der Waals surface area contributed by atoms with Crippen LogP contribution in [0, 0.1) is 6.92 Å². The van der Waals surface area contributed by atoms with Crippen LogP contribution in [0.25, 0.3) is 0 Å². The molecule has 3 heteroatoms. The number of hydrogen-bond acceptors (Lipinski definition) is 3. The Bertz CT molecular complexity index is 442. The first-order valence-electron chi connectivity index (χ1n) is 7.76. The van der Waals surface area contributed by atoms with Crippen LogP contribution in [0.3, 0.4) is 0 Å². The summed E-state index contributed by atoms with van der Waals surface area (Å²) >= 11 is 2.05. The van der Waals surface area contributed by atoms with Gasteiger partial charge in [0.05, 0.1) is 5.60 Å². The molecule has 2 aliphatic rings. The molecule has 110 valence electrons. The minimum atomic E-state index is 0.198. The van der Waals surface area contributed by atoms with Gasteiger partial charge in [0.25, 0.3) is 0 Å². The van der Waals surface area contributed by atoms with Gasteiger partial charge in [-0.05, 0) is 50.5 Å². The first-order chi connectivity index (χ1) is 9.76. The Morgan fingerprint density at radius 1 is 1.45 bits per heavy atom. The molecule has 0 bridgehead atoms. The summed E-state index contributed by atoms with van der Waals surface area (Å²) in [5.41, 5.74) is 3.00. The summed E-state index contributed by atoms with van der Waals surface area (Å²) in [7, 11) is 0. The van der Waals surface area contributed by atoms with Gasteiger partial charge >= 0.3 is 0 Å². The molecule has 20 heavy (non-hydrogen) atoms. The van der Waals surface area contributed by atoms with Crippen LogP contribution in [-0.4, -0.2) is 36.3 Å². The maximum Gasteiger partial charge on any atom is 0.0795 e. The molecule has 0 aliphatic carbocycles. The van der Waals surface area contributed by atoms with Gasteiger partial charge in [-0.2, -0.15) is 11.8 Å². The lowest BCUT2D eigenvalue weighted by Gasteiger charge is -2.38. The highest BCUT2D eigenvalue weighted by Gasteiger charge is 2.40. The van der Waals surface area contributed by atoms with E-state index < -0.39 is 0 Å². The predicted molar refractivity (Wildman–Crippen MR) is 86.5 cm³/mol. The minimum Gasteiger partial charge on any atom is -0.374 e. The first kappa shape index (κ1) is 14.4. The highest BCUT2D eigenvalue weighted by atomic mass is 32.2. The van der Waals surface area contributed by atoms with Crippen molar-refractivity contribution < 1.29 is 4.74 Å². The van der Waals surface area contributed by atoms with Crippen LogP contribution >= 0.6 is 11.8 Å². The van der Waals surface area contributed by atoms with Crippen LogP contribution in [0.4, 0.5) is 0 Å². The third-order valence-electron chi connectivity index (χ3n) is 4.49. The summed E-state index contributed by atoms with van der Waals surface area (Å²) in [4.78, 5) is 0. The number of ether oxygens (including phenoxy) is 1. The van der Waals surface area contributed by atoms with Crippen molar-refractivity contribution in [2.45, 2.75) is 44.2 Å². The normalized spacial score (nSPS) is 29.9. The van der Waals surface area contributed by atoms with Gasteiger partial charge in [0, 0.05) is 18.4 Å². The topological polar surface area (TPSA) is 21.3 Å². The molecule has 2 heterocycles. The fourth-order valence-corrected chi connectivity index (χ4v) is 4.73. The largest absolute Gasteiger partial charge is 0.374 e. The molecular weight excluding hydrogens is 266 g/mol. The summed E-state index contributed by atoms with van der Waals surface area (Å²) < 4.78 is 6.08. The van der Waals surface area contributed by atoms with Crippen molar-refractivity contribution in [1.82, 2.24) is 5.32 Å².